The van der Waals surface area contributed by atoms with E-state index in [0.29, 0.717) is 23.2 Å². The zero-order chi connectivity index (χ0) is 16.7. The molecule has 23 heavy (non-hydrogen) atoms. The van der Waals surface area contributed by atoms with Gasteiger partial charge in [0, 0.05) is 5.69 Å². The van der Waals surface area contributed by atoms with E-state index in [-0.39, 0.29) is 11.3 Å². The number of rotatable bonds is 5. The summed E-state index contributed by atoms with van der Waals surface area (Å²) in [6.45, 7) is 3.64. The third kappa shape index (κ3) is 4.32. The molecule has 0 aromatic heterocycles. The zero-order valence-corrected chi connectivity index (χ0v) is 12.5. The van der Waals surface area contributed by atoms with Gasteiger partial charge >= 0.3 is 0 Å². The monoisotopic (exact) mass is 304 g/mol. The number of amides is 1. The Balaban J connectivity index is 2.25. The lowest BCUT2D eigenvalue weighted by molar-refractivity contribution is -0.112. The van der Waals surface area contributed by atoms with Crippen molar-refractivity contribution in [2.45, 2.75) is 6.42 Å². The summed E-state index contributed by atoms with van der Waals surface area (Å²) in [5.41, 5.74) is 1.97. The fourth-order valence-electron chi connectivity index (χ4n) is 2.05. The van der Waals surface area contributed by atoms with Gasteiger partial charge in [0.25, 0.3) is 5.91 Å². The van der Waals surface area contributed by atoms with Crippen LogP contribution in [0.25, 0.3) is 6.08 Å². The molecule has 0 aliphatic rings. The molecule has 114 valence electrons. The number of nitrogens with one attached hydrogen (secondary N) is 1. The molecule has 4 heteroatoms. The number of allylic oxidation sites excluding steroid dienone is 1. The summed E-state index contributed by atoms with van der Waals surface area (Å²) in [5.74, 6) is -0.314. The smallest absolute Gasteiger partial charge is 0.266 e. The lowest BCUT2D eigenvalue weighted by Gasteiger charge is -2.05. The number of benzene rings is 2. The molecule has 2 N–H and O–H groups in total. The van der Waals surface area contributed by atoms with Gasteiger partial charge in [-0.25, -0.2) is 0 Å². The van der Waals surface area contributed by atoms with Crippen molar-refractivity contribution in [3.05, 3.63) is 77.9 Å². The summed E-state index contributed by atoms with van der Waals surface area (Å²) in [6.07, 6.45) is 3.67. The van der Waals surface area contributed by atoms with E-state index in [1.165, 1.54) is 12.1 Å². The molecule has 0 aliphatic carbocycles. The van der Waals surface area contributed by atoms with Crippen LogP contribution in [-0.2, 0) is 11.2 Å². The molecule has 0 aliphatic heterocycles. The first-order valence-electron chi connectivity index (χ1n) is 7.05. The number of nitrogens with zero attached hydrogens (tertiary/aromatic N) is 1. The van der Waals surface area contributed by atoms with Gasteiger partial charge in [-0.1, -0.05) is 30.3 Å². The third-order valence-corrected chi connectivity index (χ3v) is 3.18. The fourth-order valence-corrected chi connectivity index (χ4v) is 2.05. The summed E-state index contributed by atoms with van der Waals surface area (Å²) in [4.78, 5) is 12.2. The highest BCUT2D eigenvalue weighted by molar-refractivity contribution is 6.09. The largest absolute Gasteiger partial charge is 0.508 e. The molecule has 0 heterocycles. The van der Waals surface area contributed by atoms with Crippen molar-refractivity contribution < 1.29 is 9.90 Å². The second-order valence-electron chi connectivity index (χ2n) is 4.87. The normalized spacial score (nSPS) is 10.7. The van der Waals surface area contributed by atoms with Gasteiger partial charge in [0.15, 0.2) is 0 Å². The SMILES string of the molecule is C=CCc1cc(/C=C(/C#N)C(=O)Nc2ccccc2)ccc1O. The maximum Gasteiger partial charge on any atom is 0.266 e. The molecule has 2 rings (SSSR count). The standard InChI is InChI=1S/C19H16N2O2/c1-2-6-15-11-14(9-10-18(15)22)12-16(13-20)19(23)21-17-7-4-3-5-8-17/h2-5,7-12,22H,1,6H2,(H,21,23)/b16-12-. The topological polar surface area (TPSA) is 73.1 Å². The molecular formula is C19H16N2O2. The number of carbonyl (C=O) groups excluding carboxylic acids is 1. The number of para-hydroxylation sites is 1. The summed E-state index contributed by atoms with van der Waals surface area (Å²) in [7, 11) is 0. The zero-order valence-electron chi connectivity index (χ0n) is 12.5. The van der Waals surface area contributed by atoms with Crippen LogP contribution in [0.4, 0.5) is 5.69 Å². The molecule has 1 amide bonds. The summed E-state index contributed by atoms with van der Waals surface area (Å²) >= 11 is 0. The molecule has 2 aromatic carbocycles. The second-order valence-corrected chi connectivity index (χ2v) is 4.87. The van der Waals surface area contributed by atoms with Gasteiger partial charge in [-0.05, 0) is 47.9 Å². The number of hydrogen-bond acceptors (Lipinski definition) is 3. The van der Waals surface area contributed by atoms with Crippen LogP contribution in [0.5, 0.6) is 5.75 Å². The molecule has 0 saturated heterocycles. The molecule has 0 bridgehead atoms. The predicted octanol–water partition coefficient (Wildman–Crippen LogP) is 3.67. The Bertz CT molecular complexity index is 787. The maximum atomic E-state index is 12.2. The summed E-state index contributed by atoms with van der Waals surface area (Å²) in [6, 6.07) is 15.7. The average molecular weight is 304 g/mol. The fraction of sp³-hybridized carbons (Fsp3) is 0.0526. The van der Waals surface area contributed by atoms with E-state index in [1.54, 1.807) is 42.5 Å². The summed E-state index contributed by atoms with van der Waals surface area (Å²) in [5, 5.41) is 21.6. The quantitative estimate of drug-likeness (QED) is 0.503. The first-order valence-corrected chi connectivity index (χ1v) is 7.05. The van der Waals surface area contributed by atoms with Gasteiger partial charge in [-0.2, -0.15) is 5.26 Å². The molecule has 0 fully saturated rings. The lowest BCUT2D eigenvalue weighted by atomic mass is 10.0. The number of nitriles is 1. The lowest BCUT2D eigenvalue weighted by Crippen LogP contribution is -2.13. The van der Waals surface area contributed by atoms with Crippen molar-refractivity contribution in [1.29, 1.82) is 5.26 Å². The van der Waals surface area contributed by atoms with Gasteiger partial charge in [-0.15, -0.1) is 6.58 Å². The van der Waals surface area contributed by atoms with Crippen molar-refractivity contribution in [2.75, 3.05) is 5.32 Å². The number of aromatic hydroxyl groups is 1. The van der Waals surface area contributed by atoms with Crippen molar-refractivity contribution in [3.63, 3.8) is 0 Å². The Morgan fingerprint density at radius 2 is 2.00 bits per heavy atom. The first-order chi connectivity index (χ1) is 11.1. The van der Waals surface area contributed by atoms with Gasteiger partial charge in [0.05, 0.1) is 0 Å². The van der Waals surface area contributed by atoms with E-state index in [1.807, 2.05) is 12.1 Å². The van der Waals surface area contributed by atoms with Gasteiger partial charge in [0.2, 0.25) is 0 Å². The minimum Gasteiger partial charge on any atom is -0.508 e. The highest BCUT2D eigenvalue weighted by atomic mass is 16.3. The Kier molecular flexibility index (Phi) is 5.32. The van der Waals surface area contributed by atoms with E-state index in [0.717, 1.165) is 0 Å². The molecule has 0 unspecified atom stereocenters. The van der Waals surface area contributed by atoms with Gasteiger partial charge in [0.1, 0.15) is 17.4 Å². The third-order valence-electron chi connectivity index (χ3n) is 3.18. The second kappa shape index (κ2) is 7.62. The minimum absolute atomic E-state index is 0.0101. The average Bonchev–Trinajstić information content (AvgIpc) is 2.56. The molecule has 0 saturated carbocycles. The van der Waals surface area contributed by atoms with Crippen LogP contribution in [0, 0.1) is 11.3 Å². The predicted molar refractivity (Wildman–Crippen MR) is 90.7 cm³/mol. The van der Waals surface area contributed by atoms with Crippen molar-refractivity contribution in [2.24, 2.45) is 0 Å². The van der Waals surface area contributed by atoms with Crippen LogP contribution in [0.15, 0.2) is 66.8 Å². The van der Waals surface area contributed by atoms with Crippen molar-refractivity contribution >= 4 is 17.7 Å². The van der Waals surface area contributed by atoms with Crippen LogP contribution >= 0.6 is 0 Å². The molecule has 4 nitrogen and oxygen atoms in total. The highest BCUT2D eigenvalue weighted by Gasteiger charge is 2.10. The van der Waals surface area contributed by atoms with Crippen molar-refractivity contribution in [1.82, 2.24) is 0 Å². The number of hydrogen-bond donors (Lipinski definition) is 2. The Hall–Kier alpha value is -3.32. The number of anilines is 1. The van der Waals surface area contributed by atoms with Gasteiger partial charge < -0.3 is 10.4 Å². The van der Waals surface area contributed by atoms with Crippen LogP contribution in [0.3, 0.4) is 0 Å². The molecular weight excluding hydrogens is 288 g/mol. The number of phenolic OH excluding ortho intramolecular Hbond substituents is 1. The van der Waals surface area contributed by atoms with Crippen molar-refractivity contribution in [3.8, 4) is 11.8 Å². The van der Waals surface area contributed by atoms with Crippen LogP contribution in [0.1, 0.15) is 11.1 Å². The number of phenols is 1. The van der Waals surface area contributed by atoms with E-state index < -0.39 is 5.91 Å². The van der Waals surface area contributed by atoms with E-state index in [4.69, 9.17) is 0 Å². The Morgan fingerprint density at radius 3 is 2.65 bits per heavy atom. The molecule has 0 spiro atoms. The molecule has 2 aromatic rings. The minimum atomic E-state index is -0.475. The van der Waals surface area contributed by atoms with E-state index in [2.05, 4.69) is 11.9 Å². The Morgan fingerprint density at radius 1 is 1.26 bits per heavy atom. The van der Waals surface area contributed by atoms with E-state index in [9.17, 15) is 15.2 Å². The number of carbonyl (C=O) groups is 1. The first kappa shape index (κ1) is 16.1. The molecule has 0 radical (unpaired) electrons. The highest BCUT2D eigenvalue weighted by Crippen LogP contribution is 2.21. The van der Waals surface area contributed by atoms with Gasteiger partial charge in [-0.3, -0.25) is 4.79 Å². The Labute approximate surface area is 135 Å². The van der Waals surface area contributed by atoms with Crippen LogP contribution in [0.2, 0.25) is 0 Å². The maximum absolute atomic E-state index is 12.2. The van der Waals surface area contributed by atoms with Crippen LogP contribution in [-0.4, -0.2) is 11.0 Å². The molecule has 0 atom stereocenters. The van der Waals surface area contributed by atoms with E-state index >= 15 is 0 Å². The van der Waals surface area contributed by atoms with Crippen LogP contribution < -0.4 is 5.32 Å². The summed E-state index contributed by atoms with van der Waals surface area (Å²) < 4.78 is 0.